The second-order valence-electron chi connectivity index (χ2n) is 5.45. The van der Waals surface area contributed by atoms with E-state index in [4.69, 9.17) is 14.2 Å². The maximum Gasteiger partial charge on any atom is 0.318 e. The van der Waals surface area contributed by atoms with Crippen LogP contribution in [0.1, 0.15) is 12.5 Å². The van der Waals surface area contributed by atoms with Crippen LogP contribution in [0.15, 0.2) is 12.1 Å². The molecule has 26 heavy (non-hydrogen) atoms. The molecule has 0 aromatic heterocycles. The molecule has 1 aliphatic rings. The van der Waals surface area contributed by atoms with Gasteiger partial charge in [0.2, 0.25) is 5.78 Å². The van der Waals surface area contributed by atoms with Crippen molar-refractivity contribution >= 4 is 23.3 Å². The Kier molecular flexibility index (Phi) is 5.75. The Morgan fingerprint density at radius 1 is 1.27 bits per heavy atom. The highest BCUT2D eigenvalue weighted by Gasteiger charge is 2.44. The van der Waals surface area contributed by atoms with E-state index in [1.54, 1.807) is 6.92 Å². The molecule has 1 amide bonds. The van der Waals surface area contributed by atoms with Crippen LogP contribution in [0.4, 0.5) is 5.69 Å². The molecule has 0 bridgehead atoms. The molecule has 1 aromatic rings. The molecular weight excluding hydrogens is 348 g/mol. The Balaban J connectivity index is 2.33. The van der Waals surface area contributed by atoms with Gasteiger partial charge in [0.1, 0.15) is 5.92 Å². The number of rotatable bonds is 7. The zero-order chi connectivity index (χ0) is 19.4. The minimum atomic E-state index is -1.22. The summed E-state index contributed by atoms with van der Waals surface area (Å²) in [6, 6.07) is 2.55. The van der Waals surface area contributed by atoms with Crippen LogP contribution in [0.3, 0.4) is 0 Å². The fourth-order valence-electron chi connectivity index (χ4n) is 2.66. The summed E-state index contributed by atoms with van der Waals surface area (Å²) in [6.07, 6.45) is 0. The topological polar surface area (TPSA) is 125 Å². The van der Waals surface area contributed by atoms with Crippen molar-refractivity contribution in [1.82, 2.24) is 4.90 Å². The lowest BCUT2D eigenvalue weighted by atomic mass is 10.1. The highest BCUT2D eigenvalue weighted by atomic mass is 16.6. The van der Waals surface area contributed by atoms with E-state index in [1.807, 2.05) is 0 Å². The summed E-state index contributed by atoms with van der Waals surface area (Å²) in [5.74, 6) is -3.36. The number of nitro benzene ring substituents is 1. The Morgan fingerprint density at radius 2 is 1.88 bits per heavy atom. The number of carbonyl (C=O) groups is 3. The number of methoxy groups -OCH3 is 2. The van der Waals surface area contributed by atoms with E-state index in [9.17, 15) is 24.5 Å². The van der Waals surface area contributed by atoms with Gasteiger partial charge in [0.05, 0.1) is 43.9 Å². The highest BCUT2D eigenvalue weighted by molar-refractivity contribution is 6.42. The first-order chi connectivity index (χ1) is 12.3. The van der Waals surface area contributed by atoms with Gasteiger partial charge < -0.3 is 19.1 Å². The van der Waals surface area contributed by atoms with Crippen molar-refractivity contribution < 1.29 is 33.5 Å². The van der Waals surface area contributed by atoms with Crippen molar-refractivity contribution in [2.24, 2.45) is 5.92 Å². The molecule has 0 spiro atoms. The molecule has 140 valence electrons. The second-order valence-corrected chi connectivity index (χ2v) is 5.45. The number of ketones is 1. The Hall–Kier alpha value is -3.17. The van der Waals surface area contributed by atoms with Gasteiger partial charge in [-0.05, 0) is 13.0 Å². The molecular formula is C16H18N2O8. The Bertz CT molecular complexity index is 761. The maximum atomic E-state index is 12.1. The first-order valence-electron chi connectivity index (χ1n) is 7.73. The van der Waals surface area contributed by atoms with Crippen LogP contribution >= 0.6 is 0 Å². The molecule has 1 heterocycles. The van der Waals surface area contributed by atoms with Crippen LogP contribution in [0.25, 0.3) is 0 Å². The zero-order valence-electron chi connectivity index (χ0n) is 14.5. The summed E-state index contributed by atoms with van der Waals surface area (Å²) in [5.41, 5.74) is -0.138. The number of hydrogen-bond acceptors (Lipinski definition) is 8. The van der Waals surface area contributed by atoms with Crippen molar-refractivity contribution in [2.75, 3.05) is 27.4 Å². The maximum absolute atomic E-state index is 12.1. The summed E-state index contributed by atoms with van der Waals surface area (Å²) < 4.78 is 15.0. The lowest BCUT2D eigenvalue weighted by Crippen LogP contribution is -2.27. The van der Waals surface area contributed by atoms with Crippen LogP contribution in [0.2, 0.25) is 0 Å². The first-order valence-corrected chi connectivity index (χ1v) is 7.73. The van der Waals surface area contributed by atoms with Gasteiger partial charge in [0, 0.05) is 6.54 Å². The molecule has 0 saturated carbocycles. The second kappa shape index (κ2) is 7.81. The molecule has 0 aliphatic carbocycles. The van der Waals surface area contributed by atoms with E-state index in [0.717, 1.165) is 4.90 Å². The predicted octanol–water partition coefficient (Wildman–Crippen LogP) is 0.703. The van der Waals surface area contributed by atoms with E-state index in [2.05, 4.69) is 0 Å². The smallest absolute Gasteiger partial charge is 0.318 e. The lowest BCUT2D eigenvalue weighted by molar-refractivity contribution is -0.385. The van der Waals surface area contributed by atoms with Crippen LogP contribution in [-0.4, -0.2) is 54.9 Å². The number of Topliss-reactive ketones (excluding diaryl/α,β-unsaturated/α-hetero) is 1. The number of nitrogens with zero attached hydrogens (tertiary/aromatic N) is 2. The van der Waals surface area contributed by atoms with E-state index in [-0.39, 0.29) is 42.4 Å². The molecule has 0 N–H and O–H groups in total. The highest BCUT2D eigenvalue weighted by Crippen LogP contribution is 2.35. The van der Waals surface area contributed by atoms with E-state index < -0.39 is 28.5 Å². The van der Waals surface area contributed by atoms with Crippen LogP contribution in [0.5, 0.6) is 11.5 Å². The zero-order valence-corrected chi connectivity index (χ0v) is 14.5. The van der Waals surface area contributed by atoms with Crippen molar-refractivity contribution in [3.63, 3.8) is 0 Å². The van der Waals surface area contributed by atoms with Gasteiger partial charge in [-0.15, -0.1) is 0 Å². The molecule has 1 fully saturated rings. The summed E-state index contributed by atoms with van der Waals surface area (Å²) in [7, 11) is 2.71. The minimum absolute atomic E-state index is 0.0813. The van der Waals surface area contributed by atoms with Crippen molar-refractivity contribution in [2.45, 2.75) is 13.5 Å². The molecule has 10 nitrogen and oxygen atoms in total. The third-order valence-corrected chi connectivity index (χ3v) is 3.93. The largest absolute Gasteiger partial charge is 0.493 e. The van der Waals surface area contributed by atoms with Gasteiger partial charge in [-0.2, -0.15) is 0 Å². The normalized spacial score (nSPS) is 16.6. The van der Waals surface area contributed by atoms with Gasteiger partial charge in [0.25, 0.3) is 11.6 Å². The summed E-state index contributed by atoms with van der Waals surface area (Å²) in [6.45, 7) is 1.25. The minimum Gasteiger partial charge on any atom is -0.493 e. The molecule has 1 atom stereocenters. The number of benzene rings is 1. The van der Waals surface area contributed by atoms with Gasteiger partial charge >= 0.3 is 5.97 Å². The number of esters is 1. The van der Waals surface area contributed by atoms with Gasteiger partial charge in [-0.1, -0.05) is 0 Å². The number of ether oxygens (including phenoxy) is 3. The van der Waals surface area contributed by atoms with E-state index in [1.165, 1.54) is 26.4 Å². The SMILES string of the molecule is CCOC(=O)[C@H]1CN(Cc2cc(OC)c(OC)cc2[N+](=O)[O-])C(=O)C1=O. The van der Waals surface area contributed by atoms with Crippen LogP contribution in [-0.2, 0) is 25.7 Å². The Labute approximate surface area is 148 Å². The molecule has 0 radical (unpaired) electrons. The van der Waals surface area contributed by atoms with Gasteiger partial charge in [-0.3, -0.25) is 24.5 Å². The average molecular weight is 366 g/mol. The van der Waals surface area contributed by atoms with E-state index >= 15 is 0 Å². The standard InChI is InChI=1S/C16H18N2O8/c1-4-26-16(21)10-8-17(15(20)14(10)19)7-9-5-12(24-2)13(25-3)6-11(9)18(22)23/h5-6,10H,4,7-8H2,1-3H3/t10-/m0/s1. The molecule has 0 unspecified atom stereocenters. The molecule has 1 aromatic carbocycles. The molecule has 2 rings (SSSR count). The number of likely N-dealkylation sites (tertiary alicyclic amines) is 1. The summed E-state index contributed by atoms with van der Waals surface area (Å²) in [4.78, 5) is 47.7. The lowest BCUT2D eigenvalue weighted by Gasteiger charge is -2.17. The van der Waals surface area contributed by atoms with Crippen molar-refractivity contribution in [3.05, 3.63) is 27.8 Å². The number of hydrogen-bond donors (Lipinski definition) is 0. The predicted molar refractivity (Wildman–Crippen MR) is 86.7 cm³/mol. The number of nitro groups is 1. The molecule has 1 saturated heterocycles. The fourth-order valence-corrected chi connectivity index (χ4v) is 2.66. The summed E-state index contributed by atoms with van der Waals surface area (Å²) in [5, 5.41) is 11.3. The van der Waals surface area contributed by atoms with Crippen LogP contribution < -0.4 is 9.47 Å². The third-order valence-electron chi connectivity index (χ3n) is 3.93. The molecule has 10 heteroatoms. The molecule has 1 aliphatic heterocycles. The number of amides is 1. The van der Waals surface area contributed by atoms with Gasteiger partial charge in [0.15, 0.2) is 11.5 Å². The monoisotopic (exact) mass is 366 g/mol. The number of carbonyl (C=O) groups excluding carboxylic acids is 3. The van der Waals surface area contributed by atoms with Crippen molar-refractivity contribution in [3.8, 4) is 11.5 Å². The van der Waals surface area contributed by atoms with Gasteiger partial charge in [-0.25, -0.2) is 0 Å². The third kappa shape index (κ3) is 3.58. The fraction of sp³-hybridized carbons (Fsp3) is 0.438. The van der Waals surface area contributed by atoms with Crippen molar-refractivity contribution in [1.29, 1.82) is 0 Å². The first kappa shape index (κ1) is 19.2. The van der Waals surface area contributed by atoms with Crippen LogP contribution in [0, 0.1) is 16.0 Å². The Morgan fingerprint density at radius 3 is 2.42 bits per heavy atom. The average Bonchev–Trinajstić information content (AvgIpc) is 2.89. The quantitative estimate of drug-likeness (QED) is 0.227. The van der Waals surface area contributed by atoms with E-state index in [0.29, 0.717) is 0 Å². The summed E-state index contributed by atoms with van der Waals surface area (Å²) >= 11 is 0.